The Labute approximate surface area is 787 Å². The van der Waals surface area contributed by atoms with Crippen LogP contribution in [0.15, 0.2) is 0 Å². The number of aliphatic hydroxyl groups excluding tert-OH is 10. The number of nitrogens with one attached hydrogen (secondary N) is 7. The maximum Gasteiger partial charge on any atom is 1.00 e. The molecule has 0 aromatic carbocycles. The van der Waals surface area contributed by atoms with Crippen molar-refractivity contribution in [2.45, 2.75) is 337 Å². The Morgan fingerprint density at radius 2 is 0.638 bits per heavy atom. The molecule has 11 amide bonds. The van der Waals surface area contributed by atoms with E-state index in [1.165, 1.54) is 20.8 Å². The summed E-state index contributed by atoms with van der Waals surface area (Å²) >= 11 is 0. The van der Waals surface area contributed by atoms with Gasteiger partial charge in [0.05, 0.1) is 19.8 Å². The average molecular weight is 1860 g/mol. The van der Waals surface area contributed by atoms with Crippen molar-refractivity contribution in [3.63, 3.8) is 0 Å². The first-order valence-electron chi connectivity index (χ1n) is 47.8. The Morgan fingerprint density at radius 3 is 0.900 bits per heavy atom. The molecule has 15 unspecified atom stereocenters. The topological polar surface area (TPSA) is 566 Å². The van der Waals surface area contributed by atoms with E-state index in [0.717, 1.165) is 6.42 Å². The van der Waals surface area contributed by atoms with Crippen LogP contribution in [0.3, 0.4) is 0 Å². The predicted octanol–water partition coefficient (Wildman–Crippen LogP) is -4.47. The zero-order valence-corrected chi connectivity index (χ0v) is 79.4. The molecule has 7 heterocycles. The summed E-state index contributed by atoms with van der Waals surface area (Å²) in [6.45, 7) is 8.05. The van der Waals surface area contributed by atoms with Gasteiger partial charge in [0.25, 0.3) is 0 Å². The van der Waals surface area contributed by atoms with E-state index >= 15 is 0 Å². The second kappa shape index (κ2) is 57.5. The van der Waals surface area contributed by atoms with Crippen LogP contribution in [0.2, 0.25) is 0 Å². The van der Waals surface area contributed by atoms with Crippen molar-refractivity contribution in [3.8, 4) is 0 Å². The van der Waals surface area contributed by atoms with Crippen molar-refractivity contribution in [1.82, 2.24) is 56.8 Å². The van der Waals surface area contributed by atoms with Gasteiger partial charge in [-0.25, -0.2) is 0 Å². The van der Waals surface area contributed by atoms with E-state index in [-0.39, 0.29) is 159 Å². The molecule has 17 N–H and O–H groups in total. The molecular weight excluding hydrogens is 1710 g/mol. The SMILES string of the molecule is CC(=O)NC1C(OCCCCC(=O)NCCCCCC(=O)N2CCC(C(CCC(=O)NCCCCCC(=O)N3CC4(C3)CC(C[O-])(CO)C4)(C3CCN(C(=O)CCCCCNC(=O)CCCCOC4OC(CO)C(O)C(O)C4NC(C)=O)CC3)C3CCN(C(=O)CCCCCNC(=O)CCCCOC4OC(CO)C(O)C(O)C4NC(C)=O)CC3)CC2)OC(CO)C(O)C1O.[Na+]. The monoisotopic (exact) mass is 1860 g/mol. The number of amides is 11. The largest absolute Gasteiger partial charge is 1.00 e. The molecule has 1 aliphatic carbocycles. The quantitative estimate of drug-likeness (QED) is 0.0202. The molecule has 0 bridgehead atoms. The summed E-state index contributed by atoms with van der Waals surface area (Å²) < 4.78 is 34.2. The number of hydrogen-bond donors (Lipinski definition) is 17. The maximum absolute atomic E-state index is 14.4. The molecular formula is C90H154N11NaO28. The van der Waals surface area contributed by atoms with Gasteiger partial charge >= 0.3 is 29.6 Å². The summed E-state index contributed by atoms with van der Waals surface area (Å²) in [6, 6.07) is -3.21. The van der Waals surface area contributed by atoms with Crippen molar-refractivity contribution < 1.29 is 167 Å². The minimum absolute atomic E-state index is 0. The van der Waals surface area contributed by atoms with Crippen LogP contribution in [0.1, 0.15) is 245 Å². The fraction of sp³-hybridized carbons (Fsp3) is 0.878. The first-order valence-corrected chi connectivity index (χ1v) is 47.8. The third-order valence-electron chi connectivity index (χ3n) is 27.7. The Kier molecular flexibility index (Phi) is 49.3. The van der Waals surface area contributed by atoms with Gasteiger partial charge in [-0.05, 0) is 176 Å². The number of aliphatic hydroxyl groups is 10. The predicted molar refractivity (Wildman–Crippen MR) is 464 cm³/mol. The van der Waals surface area contributed by atoms with Gasteiger partial charge in [0.1, 0.15) is 73.1 Å². The minimum atomic E-state index is -1.44. The standard InChI is InChI=1S/C90H154N11O28.Na/c1-59(107)95-76-82(121)79(118)65(50-102)127-85(76)124-47-19-12-22-68(110)91-37-15-4-8-25-72(114)98-41-30-62(31-42-98)90(36-29-71(113)94-40-18-7-11-28-75(117)101-55-88(56-101)53-89(54-88,57-105)58-106,63-32-43-99(44-33-63)73(115)26-9-5-16-38-92-69(111)23-13-20-48-125-86-77(96-60(2)108)83(122)80(119)66(51-103)128-86)64-34-45-100(46-35-64)74(116)27-10-6-17-39-93-70(112)24-14-21-49-126-87-78(97-61(3)109)84(123)81(120)67(52-104)129-87;/h62-67,76-87,102-105,118-123H,4-58H2,1-3H3,(H,91,110)(H,92,111)(H,93,112)(H,94,113)(H,95,107)(H,96,108)(H,97,109);/q-1;+1. The van der Waals surface area contributed by atoms with E-state index in [1.807, 2.05) is 19.6 Å². The molecule has 39 nitrogen and oxygen atoms in total. The second-order valence-electron chi connectivity index (χ2n) is 37.4. The summed E-state index contributed by atoms with van der Waals surface area (Å²) in [5.41, 5.74) is -1.04. The van der Waals surface area contributed by atoms with Crippen LogP contribution in [-0.4, -0.2) is 359 Å². The molecule has 1 saturated carbocycles. The smallest absolute Gasteiger partial charge is 0.854 e. The Bertz CT molecular complexity index is 3170. The first kappa shape index (κ1) is 111. The maximum atomic E-state index is 14.4. The van der Waals surface area contributed by atoms with Crippen molar-refractivity contribution >= 4 is 65.0 Å². The number of nitrogens with zero attached hydrogens (tertiary/aromatic N) is 4. The molecule has 8 aliphatic rings. The number of hydrogen-bond acceptors (Lipinski definition) is 28. The fourth-order valence-electron chi connectivity index (χ4n) is 20.7. The van der Waals surface area contributed by atoms with Gasteiger partial charge in [-0.3, -0.25) is 52.7 Å². The van der Waals surface area contributed by atoms with Crippen LogP contribution in [0.4, 0.5) is 0 Å². The summed E-state index contributed by atoms with van der Waals surface area (Å²) in [4.78, 5) is 152. The van der Waals surface area contributed by atoms with E-state index in [2.05, 4.69) is 37.2 Å². The second-order valence-corrected chi connectivity index (χ2v) is 37.4. The van der Waals surface area contributed by atoms with Gasteiger partial charge in [0, 0.05) is 183 Å². The number of unbranched alkanes of at least 4 members (excludes halogenated alkanes) is 11. The molecule has 1 spiro atoms. The van der Waals surface area contributed by atoms with Gasteiger partial charge in [-0.15, -0.1) is 6.61 Å². The number of rotatable bonds is 56. The van der Waals surface area contributed by atoms with Crippen molar-refractivity contribution in [3.05, 3.63) is 0 Å². The van der Waals surface area contributed by atoms with Crippen LogP contribution >= 0.6 is 0 Å². The third-order valence-corrected chi connectivity index (χ3v) is 27.7. The Hall–Kier alpha value is -5.51. The van der Waals surface area contributed by atoms with Crippen LogP contribution in [-0.2, 0) is 81.2 Å². The molecule has 7 saturated heterocycles. The van der Waals surface area contributed by atoms with E-state index in [0.29, 0.717) is 271 Å². The molecule has 15 atom stereocenters. The number of ether oxygens (including phenoxy) is 6. The molecule has 0 radical (unpaired) electrons. The first-order chi connectivity index (χ1) is 61.9. The van der Waals surface area contributed by atoms with E-state index < -0.39 is 140 Å². The van der Waals surface area contributed by atoms with Crippen molar-refractivity contribution in [2.75, 3.05) is 131 Å². The fourth-order valence-corrected chi connectivity index (χ4v) is 20.7. The molecule has 0 aromatic heterocycles. The van der Waals surface area contributed by atoms with Gasteiger partial charge in [-0.1, -0.05) is 25.7 Å². The molecule has 8 rings (SSSR count). The normalized spacial score (nSPS) is 26.9. The zero-order chi connectivity index (χ0) is 93.6. The van der Waals surface area contributed by atoms with Crippen molar-refractivity contribution in [2.24, 2.45) is 34.0 Å². The number of likely N-dealkylation sites (tertiary alicyclic amines) is 4. The van der Waals surface area contributed by atoms with Gasteiger partial charge < -0.3 is 141 Å². The van der Waals surface area contributed by atoms with E-state index in [1.54, 1.807) is 0 Å². The summed E-state index contributed by atoms with van der Waals surface area (Å²) in [6.07, 6.45) is 3.80. The Balaban J connectivity index is 0.0000231. The van der Waals surface area contributed by atoms with Crippen molar-refractivity contribution in [1.29, 1.82) is 0 Å². The average Bonchev–Trinajstić information content (AvgIpc) is 0.715. The Morgan fingerprint density at radius 1 is 0.369 bits per heavy atom. The molecule has 130 heavy (non-hydrogen) atoms. The number of carbonyl (C=O) groups is 11. The molecule has 738 valence electrons. The van der Waals surface area contributed by atoms with E-state index in [4.69, 9.17) is 28.4 Å². The number of carbonyl (C=O) groups excluding carboxylic acids is 11. The van der Waals surface area contributed by atoms with E-state index in [9.17, 15) is 109 Å². The van der Waals surface area contributed by atoms with Crippen LogP contribution in [0, 0.1) is 34.0 Å². The van der Waals surface area contributed by atoms with Crippen LogP contribution in [0.5, 0.6) is 0 Å². The summed E-state index contributed by atoms with van der Waals surface area (Å²) in [7, 11) is 0. The summed E-state index contributed by atoms with van der Waals surface area (Å²) in [5, 5.41) is 133. The third kappa shape index (κ3) is 34.0. The molecule has 0 aromatic rings. The van der Waals surface area contributed by atoms with Gasteiger partial charge in [-0.2, -0.15) is 0 Å². The van der Waals surface area contributed by atoms with Gasteiger partial charge in [0.15, 0.2) is 18.9 Å². The molecule has 8 fully saturated rings. The minimum Gasteiger partial charge on any atom is -0.854 e. The van der Waals surface area contributed by atoms with Crippen LogP contribution in [0.25, 0.3) is 0 Å². The summed E-state index contributed by atoms with van der Waals surface area (Å²) in [5.74, 6) is -1.41. The van der Waals surface area contributed by atoms with Crippen LogP contribution < -0.4 is 71.9 Å². The molecule has 7 aliphatic heterocycles. The van der Waals surface area contributed by atoms with Gasteiger partial charge in [0.2, 0.25) is 65.0 Å². The zero-order valence-electron chi connectivity index (χ0n) is 77.4. The number of piperidine rings is 3. The molecule has 40 heteroatoms.